The van der Waals surface area contributed by atoms with Crippen molar-refractivity contribution in [2.45, 2.75) is 6.04 Å². The maximum Gasteiger partial charge on any atom is 0.295 e. The second-order valence-corrected chi connectivity index (χ2v) is 7.95. The average Bonchev–Trinajstić information content (AvgIpc) is 3.10. The number of ketones is 1. The number of rotatable bonds is 9. The van der Waals surface area contributed by atoms with Crippen LogP contribution in [0.4, 0.5) is 0 Å². The molecule has 0 aromatic heterocycles. The van der Waals surface area contributed by atoms with E-state index in [9.17, 15) is 14.7 Å². The Hall–Kier alpha value is -3.72. The van der Waals surface area contributed by atoms with Crippen molar-refractivity contribution in [3.8, 4) is 23.0 Å². The lowest BCUT2D eigenvalue weighted by molar-refractivity contribution is -0.140. The molecule has 9 heteroatoms. The Bertz CT molecular complexity index is 1090. The number of hydrogen-bond acceptors (Lipinski definition) is 8. The molecule has 182 valence electrons. The van der Waals surface area contributed by atoms with E-state index in [0.29, 0.717) is 40.7 Å². The molecule has 0 spiro atoms. The average molecular weight is 471 g/mol. The number of aliphatic hydroxyl groups is 1. The van der Waals surface area contributed by atoms with Crippen LogP contribution in [0.15, 0.2) is 42.0 Å². The highest BCUT2D eigenvalue weighted by Gasteiger charge is 2.46. The fraction of sp³-hybridized carbons (Fsp3) is 0.360. The Labute approximate surface area is 199 Å². The van der Waals surface area contributed by atoms with Gasteiger partial charge in [-0.2, -0.15) is 0 Å². The van der Waals surface area contributed by atoms with Crippen molar-refractivity contribution in [1.82, 2.24) is 9.80 Å². The van der Waals surface area contributed by atoms with Crippen LogP contribution in [0.3, 0.4) is 0 Å². The molecule has 1 fully saturated rings. The van der Waals surface area contributed by atoms with Gasteiger partial charge in [-0.25, -0.2) is 0 Å². The highest BCUT2D eigenvalue weighted by atomic mass is 16.5. The zero-order chi connectivity index (χ0) is 25.0. The van der Waals surface area contributed by atoms with Gasteiger partial charge in [0, 0.05) is 13.1 Å². The van der Waals surface area contributed by atoms with Gasteiger partial charge in [0.25, 0.3) is 11.7 Å². The highest BCUT2D eigenvalue weighted by Crippen LogP contribution is 2.46. The fourth-order valence-corrected chi connectivity index (χ4v) is 4.01. The number of likely N-dealkylation sites (tertiary alicyclic amines) is 1. The summed E-state index contributed by atoms with van der Waals surface area (Å²) in [7, 11) is 9.68. The minimum atomic E-state index is -0.876. The van der Waals surface area contributed by atoms with Gasteiger partial charge in [0.1, 0.15) is 11.5 Å². The van der Waals surface area contributed by atoms with Gasteiger partial charge in [-0.15, -0.1) is 0 Å². The molecule has 0 aliphatic carbocycles. The third-order valence-electron chi connectivity index (χ3n) is 5.69. The van der Waals surface area contributed by atoms with Crippen LogP contribution in [-0.4, -0.2) is 82.2 Å². The van der Waals surface area contributed by atoms with Crippen molar-refractivity contribution in [3.63, 3.8) is 0 Å². The summed E-state index contributed by atoms with van der Waals surface area (Å²) in [6, 6.07) is 9.25. The lowest BCUT2D eigenvalue weighted by atomic mass is 9.94. The molecule has 0 saturated carbocycles. The van der Waals surface area contributed by atoms with Crippen molar-refractivity contribution in [2.24, 2.45) is 0 Å². The molecular formula is C25H30N2O7. The summed E-state index contributed by atoms with van der Waals surface area (Å²) in [5, 5.41) is 11.3. The number of ether oxygens (including phenoxy) is 4. The minimum absolute atomic E-state index is 0.0393. The summed E-state index contributed by atoms with van der Waals surface area (Å²) in [4.78, 5) is 29.7. The van der Waals surface area contributed by atoms with E-state index in [-0.39, 0.29) is 17.9 Å². The van der Waals surface area contributed by atoms with Gasteiger partial charge in [0.2, 0.25) is 5.75 Å². The molecule has 1 amide bonds. The standard InChI is InChI=1S/C25H30N2O7/c1-26(2)11-12-27-21(15-13-18(32-4)24(34-6)19(14-15)33-5)20(23(29)25(27)30)22(28)16-9-7-8-10-17(16)31-3/h7-10,13-14,21,28H,11-12H2,1-6H3/b22-20+. The normalized spacial score (nSPS) is 17.3. The van der Waals surface area contributed by atoms with E-state index in [1.807, 2.05) is 19.0 Å². The lowest BCUT2D eigenvalue weighted by Crippen LogP contribution is -2.35. The number of hydrogen-bond donors (Lipinski definition) is 1. The molecule has 1 aliphatic rings. The van der Waals surface area contributed by atoms with Crippen LogP contribution in [0.5, 0.6) is 23.0 Å². The van der Waals surface area contributed by atoms with E-state index >= 15 is 0 Å². The lowest BCUT2D eigenvalue weighted by Gasteiger charge is -2.27. The van der Waals surface area contributed by atoms with Crippen molar-refractivity contribution in [3.05, 3.63) is 53.1 Å². The molecule has 1 unspecified atom stereocenters. The van der Waals surface area contributed by atoms with E-state index in [0.717, 1.165) is 0 Å². The number of methoxy groups -OCH3 is 4. The second kappa shape index (κ2) is 10.5. The van der Waals surface area contributed by atoms with Crippen LogP contribution in [-0.2, 0) is 9.59 Å². The van der Waals surface area contributed by atoms with Gasteiger partial charge in [0.05, 0.1) is 45.6 Å². The number of aliphatic hydroxyl groups excluding tert-OH is 1. The van der Waals surface area contributed by atoms with Crippen molar-refractivity contribution in [2.75, 3.05) is 55.6 Å². The van der Waals surface area contributed by atoms with Gasteiger partial charge < -0.3 is 33.9 Å². The van der Waals surface area contributed by atoms with Crippen LogP contribution in [0, 0.1) is 0 Å². The van der Waals surface area contributed by atoms with Crippen LogP contribution < -0.4 is 18.9 Å². The SMILES string of the molecule is COc1ccccc1/C(O)=C1\C(=O)C(=O)N(CCN(C)C)C1c1cc(OC)c(OC)c(OC)c1. The molecule has 0 radical (unpaired) electrons. The van der Waals surface area contributed by atoms with Crippen LogP contribution in [0.2, 0.25) is 0 Å². The smallest absolute Gasteiger partial charge is 0.295 e. The third kappa shape index (κ3) is 4.51. The van der Waals surface area contributed by atoms with E-state index < -0.39 is 17.7 Å². The Morgan fingerprint density at radius 3 is 2.06 bits per heavy atom. The zero-order valence-electron chi connectivity index (χ0n) is 20.2. The number of Topliss-reactive ketones (excluding diaryl/α,β-unsaturated/α-hetero) is 1. The maximum atomic E-state index is 13.2. The summed E-state index contributed by atoms with van der Waals surface area (Å²) >= 11 is 0. The Morgan fingerprint density at radius 1 is 0.941 bits per heavy atom. The fourth-order valence-electron chi connectivity index (χ4n) is 4.01. The van der Waals surface area contributed by atoms with Gasteiger partial charge in [-0.1, -0.05) is 12.1 Å². The molecular weight excluding hydrogens is 440 g/mol. The van der Waals surface area contributed by atoms with Gasteiger partial charge in [-0.05, 0) is 43.9 Å². The first-order chi connectivity index (χ1) is 16.3. The summed E-state index contributed by atoms with van der Waals surface area (Å²) in [5.74, 6) is -0.300. The van der Waals surface area contributed by atoms with E-state index in [1.165, 1.54) is 33.3 Å². The molecule has 1 aliphatic heterocycles. The third-order valence-corrected chi connectivity index (χ3v) is 5.69. The molecule has 1 N–H and O–H groups in total. The first-order valence-corrected chi connectivity index (χ1v) is 10.6. The van der Waals surface area contributed by atoms with E-state index in [2.05, 4.69) is 0 Å². The van der Waals surface area contributed by atoms with Crippen molar-refractivity contribution >= 4 is 17.4 Å². The van der Waals surface area contributed by atoms with Crippen molar-refractivity contribution < 1.29 is 33.6 Å². The number of carbonyl (C=O) groups is 2. The van der Waals surface area contributed by atoms with Gasteiger partial charge in [0.15, 0.2) is 11.5 Å². The van der Waals surface area contributed by atoms with Crippen LogP contribution >= 0.6 is 0 Å². The summed E-state index contributed by atoms with van der Waals surface area (Å²) < 4.78 is 21.8. The molecule has 1 saturated heterocycles. The number of amides is 1. The van der Waals surface area contributed by atoms with Gasteiger partial charge in [-0.3, -0.25) is 9.59 Å². The molecule has 3 rings (SSSR count). The summed E-state index contributed by atoms with van der Waals surface area (Å²) in [5.41, 5.74) is 0.805. The highest BCUT2D eigenvalue weighted by molar-refractivity contribution is 6.46. The van der Waals surface area contributed by atoms with E-state index in [1.54, 1.807) is 36.4 Å². The Kier molecular flexibility index (Phi) is 7.68. The Morgan fingerprint density at radius 2 is 1.53 bits per heavy atom. The van der Waals surface area contributed by atoms with Gasteiger partial charge >= 0.3 is 0 Å². The molecule has 2 aromatic carbocycles. The number of likely N-dealkylation sites (N-methyl/N-ethyl adjacent to an activating group) is 1. The van der Waals surface area contributed by atoms with Crippen LogP contribution in [0.25, 0.3) is 5.76 Å². The first-order valence-electron chi connectivity index (χ1n) is 10.6. The molecule has 1 atom stereocenters. The summed E-state index contributed by atoms with van der Waals surface area (Å²) in [6.45, 7) is 0.782. The monoisotopic (exact) mass is 470 g/mol. The van der Waals surface area contributed by atoms with E-state index in [4.69, 9.17) is 18.9 Å². The number of nitrogens with zero attached hydrogens (tertiary/aromatic N) is 2. The molecule has 2 aromatic rings. The molecule has 34 heavy (non-hydrogen) atoms. The molecule has 9 nitrogen and oxygen atoms in total. The Balaban J connectivity index is 2.29. The number of para-hydroxylation sites is 1. The first kappa shape index (κ1) is 24.9. The summed E-state index contributed by atoms with van der Waals surface area (Å²) in [6.07, 6.45) is 0. The minimum Gasteiger partial charge on any atom is -0.507 e. The number of benzene rings is 2. The predicted octanol–water partition coefficient (Wildman–Crippen LogP) is 2.70. The molecule has 0 bridgehead atoms. The zero-order valence-corrected chi connectivity index (χ0v) is 20.2. The second-order valence-electron chi connectivity index (χ2n) is 7.95. The largest absolute Gasteiger partial charge is 0.507 e. The number of carbonyl (C=O) groups excluding carboxylic acids is 2. The predicted molar refractivity (Wildman–Crippen MR) is 127 cm³/mol. The molecule has 1 heterocycles. The topological polar surface area (TPSA) is 97.8 Å². The van der Waals surface area contributed by atoms with Crippen molar-refractivity contribution in [1.29, 1.82) is 0 Å². The quantitative estimate of drug-likeness (QED) is 0.339. The van der Waals surface area contributed by atoms with Crippen LogP contribution in [0.1, 0.15) is 17.2 Å². The maximum absolute atomic E-state index is 13.2.